The van der Waals surface area contributed by atoms with Crippen LogP contribution in [0.4, 0.5) is 13.2 Å². The summed E-state index contributed by atoms with van der Waals surface area (Å²) in [7, 11) is 0. The van der Waals surface area contributed by atoms with E-state index in [1.54, 1.807) is 0 Å². The van der Waals surface area contributed by atoms with Crippen LogP contribution in [-0.4, -0.2) is 0 Å². The van der Waals surface area contributed by atoms with E-state index in [2.05, 4.69) is 6.92 Å². The van der Waals surface area contributed by atoms with E-state index >= 15 is 0 Å². The van der Waals surface area contributed by atoms with Crippen molar-refractivity contribution in [3.63, 3.8) is 0 Å². The molecule has 0 aliphatic heterocycles. The van der Waals surface area contributed by atoms with Crippen LogP contribution in [0.1, 0.15) is 50.5 Å². The molecule has 2 aromatic rings. The van der Waals surface area contributed by atoms with Gasteiger partial charge in [0.25, 0.3) is 0 Å². The van der Waals surface area contributed by atoms with Gasteiger partial charge in [-0.25, -0.2) is 13.2 Å². The fourth-order valence-electron chi connectivity index (χ4n) is 3.65. The maximum atomic E-state index is 14.5. The van der Waals surface area contributed by atoms with Crippen LogP contribution >= 0.6 is 0 Å². The molecule has 0 amide bonds. The van der Waals surface area contributed by atoms with Crippen molar-refractivity contribution in [3.05, 3.63) is 59.4 Å². The first kappa shape index (κ1) is 16.1. The molecule has 0 saturated heterocycles. The molecule has 1 fully saturated rings. The second-order valence-corrected chi connectivity index (χ2v) is 6.50. The van der Waals surface area contributed by atoms with Gasteiger partial charge in [0.2, 0.25) is 0 Å². The summed E-state index contributed by atoms with van der Waals surface area (Å²) in [6.45, 7) is 2.19. The van der Waals surface area contributed by atoms with E-state index in [-0.39, 0.29) is 17.0 Å². The molecule has 0 N–H and O–H groups in total. The molecular weight excluding hydrogens is 297 g/mol. The van der Waals surface area contributed by atoms with Crippen molar-refractivity contribution in [2.75, 3.05) is 0 Å². The zero-order valence-corrected chi connectivity index (χ0v) is 13.3. The van der Waals surface area contributed by atoms with E-state index < -0.39 is 17.5 Å². The van der Waals surface area contributed by atoms with Gasteiger partial charge in [0.15, 0.2) is 0 Å². The molecule has 2 aromatic carbocycles. The molecule has 0 heterocycles. The first-order valence-corrected chi connectivity index (χ1v) is 8.33. The van der Waals surface area contributed by atoms with Crippen LogP contribution in [0, 0.1) is 23.4 Å². The lowest BCUT2D eigenvalue weighted by Gasteiger charge is -2.28. The molecule has 0 unspecified atom stereocenters. The largest absolute Gasteiger partial charge is 0.207 e. The standard InChI is InChI=1S/C20H21F3/c1-2-13-6-8-14(9-7-13)16-11-18(22)20(19(23)12-16)15-4-3-5-17(21)10-15/h3-5,10-14H,2,6-9H2,1H3. The van der Waals surface area contributed by atoms with Gasteiger partial charge in [0.05, 0.1) is 5.56 Å². The third-order valence-electron chi connectivity index (χ3n) is 5.07. The van der Waals surface area contributed by atoms with Crippen molar-refractivity contribution < 1.29 is 13.2 Å². The minimum atomic E-state index is -0.608. The predicted octanol–water partition coefficient (Wildman–Crippen LogP) is 6.45. The van der Waals surface area contributed by atoms with Crippen LogP contribution < -0.4 is 0 Å². The van der Waals surface area contributed by atoms with Crippen molar-refractivity contribution in [1.29, 1.82) is 0 Å². The lowest BCUT2D eigenvalue weighted by Crippen LogP contribution is -2.13. The van der Waals surface area contributed by atoms with Crippen LogP contribution in [0.2, 0.25) is 0 Å². The summed E-state index contributed by atoms with van der Waals surface area (Å²) in [5.74, 6) is -0.745. The highest BCUT2D eigenvalue weighted by Crippen LogP contribution is 2.39. The molecule has 0 bridgehead atoms. The van der Waals surface area contributed by atoms with E-state index in [0.717, 1.165) is 43.2 Å². The molecule has 122 valence electrons. The lowest BCUT2D eigenvalue weighted by molar-refractivity contribution is 0.318. The number of rotatable bonds is 3. The van der Waals surface area contributed by atoms with E-state index in [9.17, 15) is 13.2 Å². The quantitative estimate of drug-likeness (QED) is 0.609. The first-order valence-electron chi connectivity index (χ1n) is 8.33. The van der Waals surface area contributed by atoms with E-state index in [0.29, 0.717) is 0 Å². The molecule has 0 radical (unpaired) electrons. The molecule has 23 heavy (non-hydrogen) atoms. The number of hydrogen-bond acceptors (Lipinski definition) is 0. The Labute approximate surface area is 135 Å². The van der Waals surface area contributed by atoms with Gasteiger partial charge in [-0.1, -0.05) is 25.5 Å². The highest BCUT2D eigenvalue weighted by molar-refractivity contribution is 5.65. The zero-order chi connectivity index (χ0) is 16.4. The topological polar surface area (TPSA) is 0 Å². The van der Waals surface area contributed by atoms with Crippen LogP contribution in [-0.2, 0) is 0 Å². The van der Waals surface area contributed by atoms with Gasteiger partial charge in [-0.05, 0) is 72.9 Å². The minimum Gasteiger partial charge on any atom is -0.207 e. The fraction of sp³-hybridized carbons (Fsp3) is 0.400. The zero-order valence-electron chi connectivity index (χ0n) is 13.3. The summed E-state index contributed by atoms with van der Waals surface area (Å²) in [4.78, 5) is 0. The van der Waals surface area contributed by atoms with Crippen molar-refractivity contribution in [2.24, 2.45) is 5.92 Å². The van der Waals surface area contributed by atoms with Crippen LogP contribution in [0.5, 0.6) is 0 Å². The normalized spacial score (nSPS) is 21.4. The van der Waals surface area contributed by atoms with Gasteiger partial charge < -0.3 is 0 Å². The Bertz CT molecular complexity index is 662. The Morgan fingerprint density at radius 1 is 0.913 bits per heavy atom. The Hall–Kier alpha value is -1.77. The summed E-state index contributed by atoms with van der Waals surface area (Å²) in [5.41, 5.74) is 0.825. The molecule has 3 heteroatoms. The molecular formula is C20H21F3. The van der Waals surface area contributed by atoms with E-state index in [4.69, 9.17) is 0 Å². The Morgan fingerprint density at radius 3 is 2.13 bits per heavy atom. The van der Waals surface area contributed by atoms with Gasteiger partial charge in [-0.2, -0.15) is 0 Å². The molecule has 0 atom stereocenters. The van der Waals surface area contributed by atoms with E-state index in [1.165, 1.54) is 36.8 Å². The van der Waals surface area contributed by atoms with E-state index in [1.807, 2.05) is 0 Å². The van der Waals surface area contributed by atoms with Crippen LogP contribution in [0.3, 0.4) is 0 Å². The lowest BCUT2D eigenvalue weighted by atomic mass is 9.77. The minimum absolute atomic E-state index is 0.143. The molecule has 0 aromatic heterocycles. The Kier molecular flexibility index (Phi) is 4.74. The smallest absolute Gasteiger partial charge is 0.134 e. The van der Waals surface area contributed by atoms with Gasteiger partial charge >= 0.3 is 0 Å². The SMILES string of the molecule is CCC1CCC(c2cc(F)c(-c3cccc(F)c3)c(F)c2)CC1. The number of benzene rings is 2. The maximum absolute atomic E-state index is 14.5. The second kappa shape index (κ2) is 6.77. The van der Waals surface area contributed by atoms with Crippen molar-refractivity contribution in [2.45, 2.75) is 44.9 Å². The average Bonchev–Trinajstić information content (AvgIpc) is 2.54. The van der Waals surface area contributed by atoms with Crippen LogP contribution in [0.15, 0.2) is 36.4 Å². The molecule has 1 aliphatic carbocycles. The van der Waals surface area contributed by atoms with Gasteiger partial charge in [-0.15, -0.1) is 0 Å². The van der Waals surface area contributed by atoms with Gasteiger partial charge in [0.1, 0.15) is 17.5 Å². The predicted molar refractivity (Wildman–Crippen MR) is 86.7 cm³/mol. The summed E-state index contributed by atoms with van der Waals surface area (Å²) >= 11 is 0. The van der Waals surface area contributed by atoms with Gasteiger partial charge in [-0.3, -0.25) is 0 Å². The highest BCUT2D eigenvalue weighted by atomic mass is 19.1. The molecule has 0 nitrogen and oxygen atoms in total. The Balaban J connectivity index is 1.89. The number of halogens is 3. The molecule has 3 rings (SSSR count). The fourth-order valence-corrected chi connectivity index (χ4v) is 3.65. The average molecular weight is 318 g/mol. The van der Waals surface area contributed by atoms with Crippen molar-refractivity contribution in [3.8, 4) is 11.1 Å². The highest BCUT2D eigenvalue weighted by Gasteiger charge is 2.23. The van der Waals surface area contributed by atoms with Crippen LogP contribution in [0.25, 0.3) is 11.1 Å². The molecule has 1 aliphatic rings. The van der Waals surface area contributed by atoms with Crippen molar-refractivity contribution in [1.82, 2.24) is 0 Å². The summed E-state index contributed by atoms with van der Waals surface area (Å²) < 4.78 is 42.2. The molecule has 1 saturated carbocycles. The second-order valence-electron chi connectivity index (χ2n) is 6.50. The van der Waals surface area contributed by atoms with Crippen molar-refractivity contribution >= 4 is 0 Å². The summed E-state index contributed by atoms with van der Waals surface area (Å²) in [5, 5.41) is 0. The third kappa shape index (κ3) is 3.44. The summed E-state index contributed by atoms with van der Waals surface area (Å²) in [6.07, 6.45) is 5.38. The summed E-state index contributed by atoms with van der Waals surface area (Å²) in [6, 6.07) is 8.27. The van der Waals surface area contributed by atoms with Gasteiger partial charge in [0, 0.05) is 0 Å². The Morgan fingerprint density at radius 2 is 1.57 bits per heavy atom. The number of hydrogen-bond donors (Lipinski definition) is 0. The monoisotopic (exact) mass is 318 g/mol. The maximum Gasteiger partial charge on any atom is 0.134 e. The first-order chi connectivity index (χ1) is 11.1. The third-order valence-corrected chi connectivity index (χ3v) is 5.07. The molecule has 0 spiro atoms.